The molecule has 0 bridgehead atoms. The summed E-state index contributed by atoms with van der Waals surface area (Å²) < 4.78 is 11.9. The van der Waals surface area contributed by atoms with Crippen molar-refractivity contribution in [2.24, 2.45) is 0 Å². The Morgan fingerprint density at radius 1 is 1.22 bits per heavy atom. The van der Waals surface area contributed by atoms with Crippen LogP contribution in [0.3, 0.4) is 0 Å². The van der Waals surface area contributed by atoms with Gasteiger partial charge in [-0.05, 0) is 38.1 Å². The first kappa shape index (κ1) is 16.8. The molecule has 27 heavy (non-hydrogen) atoms. The Bertz CT molecular complexity index is 1130. The SMILES string of the molecule is COc1cccc(-c2ccc3nc(NC(=O)c4c(C)noc4C)cn3n2)c1. The van der Waals surface area contributed by atoms with Gasteiger partial charge in [-0.3, -0.25) is 4.79 Å². The van der Waals surface area contributed by atoms with Crippen LogP contribution < -0.4 is 10.1 Å². The molecule has 1 N–H and O–H groups in total. The Balaban J connectivity index is 1.64. The number of aromatic nitrogens is 4. The molecule has 1 amide bonds. The van der Waals surface area contributed by atoms with Crippen molar-refractivity contribution in [3.63, 3.8) is 0 Å². The highest BCUT2D eigenvalue weighted by molar-refractivity contribution is 6.05. The zero-order valence-electron chi connectivity index (χ0n) is 15.1. The van der Waals surface area contributed by atoms with Gasteiger partial charge in [0.25, 0.3) is 5.91 Å². The third-order valence-electron chi connectivity index (χ3n) is 4.19. The molecule has 3 aromatic heterocycles. The van der Waals surface area contributed by atoms with Crippen molar-refractivity contribution >= 4 is 17.4 Å². The molecule has 0 unspecified atom stereocenters. The molecule has 4 rings (SSSR count). The van der Waals surface area contributed by atoms with E-state index in [-0.39, 0.29) is 5.91 Å². The molecule has 136 valence electrons. The first-order valence-corrected chi connectivity index (χ1v) is 8.30. The van der Waals surface area contributed by atoms with Crippen LogP contribution in [-0.2, 0) is 0 Å². The monoisotopic (exact) mass is 363 g/mol. The third kappa shape index (κ3) is 3.12. The van der Waals surface area contributed by atoms with Crippen LogP contribution in [0.5, 0.6) is 5.75 Å². The van der Waals surface area contributed by atoms with Gasteiger partial charge in [-0.15, -0.1) is 0 Å². The highest BCUT2D eigenvalue weighted by Crippen LogP contribution is 2.23. The molecule has 0 saturated carbocycles. The molecule has 3 heterocycles. The van der Waals surface area contributed by atoms with Crippen molar-refractivity contribution in [3.05, 3.63) is 59.6 Å². The average molecular weight is 363 g/mol. The number of nitrogens with zero attached hydrogens (tertiary/aromatic N) is 4. The number of methoxy groups -OCH3 is 1. The maximum Gasteiger partial charge on any atom is 0.262 e. The number of benzene rings is 1. The van der Waals surface area contributed by atoms with Crippen LogP contribution in [0.25, 0.3) is 16.9 Å². The second-order valence-electron chi connectivity index (χ2n) is 6.03. The first-order chi connectivity index (χ1) is 13.0. The number of ether oxygens (including phenoxy) is 1. The number of aryl methyl sites for hydroxylation is 2. The van der Waals surface area contributed by atoms with E-state index in [1.54, 1.807) is 31.7 Å². The number of nitrogens with one attached hydrogen (secondary N) is 1. The largest absolute Gasteiger partial charge is 0.497 e. The zero-order chi connectivity index (χ0) is 19.0. The number of imidazole rings is 1. The number of hydrogen-bond donors (Lipinski definition) is 1. The Morgan fingerprint density at radius 2 is 2.07 bits per heavy atom. The fraction of sp³-hybridized carbons (Fsp3) is 0.158. The van der Waals surface area contributed by atoms with E-state index in [0.29, 0.717) is 28.5 Å². The van der Waals surface area contributed by atoms with Crippen molar-refractivity contribution in [1.82, 2.24) is 19.8 Å². The molecule has 0 aliphatic carbocycles. The van der Waals surface area contributed by atoms with Crippen molar-refractivity contribution in [3.8, 4) is 17.0 Å². The van der Waals surface area contributed by atoms with Crippen LogP contribution in [0.1, 0.15) is 21.8 Å². The van der Waals surface area contributed by atoms with E-state index in [2.05, 4.69) is 20.6 Å². The normalized spacial score (nSPS) is 10.9. The van der Waals surface area contributed by atoms with Crippen molar-refractivity contribution in [2.75, 3.05) is 12.4 Å². The number of hydrogen-bond acceptors (Lipinski definition) is 6. The van der Waals surface area contributed by atoms with Crippen LogP contribution in [0.15, 0.2) is 47.1 Å². The van der Waals surface area contributed by atoms with Crippen molar-refractivity contribution < 1.29 is 14.1 Å². The lowest BCUT2D eigenvalue weighted by Gasteiger charge is -2.04. The minimum Gasteiger partial charge on any atom is -0.497 e. The summed E-state index contributed by atoms with van der Waals surface area (Å²) >= 11 is 0. The fourth-order valence-corrected chi connectivity index (χ4v) is 2.86. The Labute approximate surface area is 154 Å². The molecule has 0 aliphatic rings. The predicted molar refractivity (Wildman–Crippen MR) is 98.9 cm³/mol. The van der Waals surface area contributed by atoms with Gasteiger partial charge in [-0.2, -0.15) is 5.10 Å². The summed E-state index contributed by atoms with van der Waals surface area (Å²) in [6.45, 7) is 3.41. The molecule has 8 heteroatoms. The van der Waals surface area contributed by atoms with Gasteiger partial charge < -0.3 is 14.6 Å². The van der Waals surface area contributed by atoms with Crippen LogP contribution in [0.2, 0.25) is 0 Å². The lowest BCUT2D eigenvalue weighted by molar-refractivity contribution is 0.102. The Kier molecular flexibility index (Phi) is 4.08. The van der Waals surface area contributed by atoms with Crippen LogP contribution in [-0.4, -0.2) is 32.8 Å². The fourth-order valence-electron chi connectivity index (χ4n) is 2.86. The van der Waals surface area contributed by atoms with Gasteiger partial charge in [-0.1, -0.05) is 17.3 Å². The molecule has 0 radical (unpaired) electrons. The lowest BCUT2D eigenvalue weighted by Crippen LogP contribution is -2.13. The molecule has 4 aromatic rings. The van der Waals surface area contributed by atoms with E-state index in [1.165, 1.54) is 0 Å². The number of rotatable bonds is 4. The number of anilines is 1. The molecule has 0 spiro atoms. The number of amides is 1. The Hall–Kier alpha value is -3.68. The van der Waals surface area contributed by atoms with E-state index in [1.807, 2.05) is 36.4 Å². The van der Waals surface area contributed by atoms with E-state index in [0.717, 1.165) is 17.0 Å². The highest BCUT2D eigenvalue weighted by Gasteiger charge is 2.18. The van der Waals surface area contributed by atoms with Gasteiger partial charge in [0.1, 0.15) is 17.1 Å². The smallest absolute Gasteiger partial charge is 0.262 e. The second kappa shape index (κ2) is 6.56. The molecule has 8 nitrogen and oxygen atoms in total. The standard InChI is InChI=1S/C19H17N5O3/c1-11-18(12(2)27-23-11)19(25)21-16-10-24-17(20-16)8-7-15(22-24)13-5-4-6-14(9-13)26-3/h4-10H,1-3H3,(H,21,25). The van der Waals surface area contributed by atoms with Crippen LogP contribution in [0, 0.1) is 13.8 Å². The van der Waals surface area contributed by atoms with Gasteiger partial charge >= 0.3 is 0 Å². The number of carbonyl (C=O) groups is 1. The zero-order valence-corrected chi connectivity index (χ0v) is 15.1. The molecule has 0 fully saturated rings. The highest BCUT2D eigenvalue weighted by atomic mass is 16.5. The number of carbonyl (C=O) groups excluding carboxylic acids is 1. The Morgan fingerprint density at radius 3 is 2.81 bits per heavy atom. The summed E-state index contributed by atoms with van der Waals surface area (Å²) in [5.74, 6) is 1.30. The maximum absolute atomic E-state index is 12.5. The summed E-state index contributed by atoms with van der Waals surface area (Å²) in [4.78, 5) is 16.8. The summed E-state index contributed by atoms with van der Waals surface area (Å²) in [5.41, 5.74) is 3.26. The van der Waals surface area contributed by atoms with Gasteiger partial charge in [0.15, 0.2) is 11.5 Å². The van der Waals surface area contributed by atoms with Gasteiger partial charge in [0.05, 0.1) is 24.7 Å². The van der Waals surface area contributed by atoms with E-state index in [9.17, 15) is 4.79 Å². The van der Waals surface area contributed by atoms with E-state index < -0.39 is 0 Å². The molecule has 0 atom stereocenters. The topological polar surface area (TPSA) is 94.5 Å². The van der Waals surface area contributed by atoms with Crippen molar-refractivity contribution in [1.29, 1.82) is 0 Å². The van der Waals surface area contributed by atoms with Gasteiger partial charge in [0, 0.05) is 5.56 Å². The second-order valence-corrected chi connectivity index (χ2v) is 6.03. The number of fused-ring (bicyclic) bond motifs is 1. The molecule has 0 aliphatic heterocycles. The maximum atomic E-state index is 12.5. The van der Waals surface area contributed by atoms with Crippen LogP contribution in [0.4, 0.5) is 5.82 Å². The van der Waals surface area contributed by atoms with Crippen molar-refractivity contribution in [2.45, 2.75) is 13.8 Å². The predicted octanol–water partition coefficient (Wildman–Crippen LogP) is 3.26. The minimum atomic E-state index is -0.317. The van der Waals surface area contributed by atoms with E-state index >= 15 is 0 Å². The van der Waals surface area contributed by atoms with Crippen LogP contribution >= 0.6 is 0 Å². The molecule has 0 saturated heterocycles. The first-order valence-electron chi connectivity index (χ1n) is 8.30. The summed E-state index contributed by atoms with van der Waals surface area (Å²) in [5, 5.41) is 11.1. The van der Waals surface area contributed by atoms with Gasteiger partial charge in [0.2, 0.25) is 0 Å². The van der Waals surface area contributed by atoms with Gasteiger partial charge in [-0.25, -0.2) is 9.50 Å². The average Bonchev–Trinajstić information content (AvgIpc) is 3.22. The molecular weight excluding hydrogens is 346 g/mol. The molecular formula is C19H17N5O3. The molecule has 1 aromatic carbocycles. The third-order valence-corrected chi connectivity index (χ3v) is 4.19. The van der Waals surface area contributed by atoms with E-state index in [4.69, 9.17) is 9.26 Å². The summed E-state index contributed by atoms with van der Waals surface area (Å²) in [6, 6.07) is 11.4. The lowest BCUT2D eigenvalue weighted by atomic mass is 10.1. The minimum absolute atomic E-state index is 0.317. The quantitative estimate of drug-likeness (QED) is 0.598. The summed E-state index contributed by atoms with van der Waals surface area (Å²) in [6.07, 6.45) is 1.66. The summed E-state index contributed by atoms with van der Waals surface area (Å²) in [7, 11) is 1.62.